The number of nitrogen functional groups attached to an aromatic ring is 1. The van der Waals surface area contributed by atoms with Gasteiger partial charge in [-0.05, 0) is 21.1 Å². The van der Waals surface area contributed by atoms with Crippen molar-refractivity contribution in [1.29, 1.82) is 0 Å². The number of anilines is 1. The number of aliphatic hydroxyl groups excluding tert-OH is 1. The Labute approximate surface area is 103 Å². The third-order valence-electron chi connectivity index (χ3n) is 2.50. The van der Waals surface area contributed by atoms with Crippen LogP contribution in [0.1, 0.15) is 0 Å². The predicted octanol–water partition coefficient (Wildman–Crippen LogP) is -0.680. The maximum Gasteiger partial charge on any atom is 0.0862 e. The molecule has 1 aromatic heterocycles. The third kappa shape index (κ3) is 5.67. The van der Waals surface area contributed by atoms with E-state index < -0.39 is 6.10 Å². The zero-order chi connectivity index (χ0) is 12.8. The van der Waals surface area contributed by atoms with E-state index in [9.17, 15) is 5.11 Å². The SMILES string of the molecule is CN(C)CCN(C)CC(O)Cn1cc(N)cn1. The molecule has 0 saturated carbocycles. The minimum Gasteiger partial charge on any atom is -0.396 e. The predicted molar refractivity (Wildman–Crippen MR) is 68.7 cm³/mol. The molecule has 17 heavy (non-hydrogen) atoms. The fourth-order valence-corrected chi connectivity index (χ4v) is 1.57. The summed E-state index contributed by atoms with van der Waals surface area (Å²) < 4.78 is 1.67. The average Bonchev–Trinajstić information content (AvgIpc) is 2.60. The summed E-state index contributed by atoms with van der Waals surface area (Å²) in [7, 11) is 6.08. The number of rotatable bonds is 7. The minimum atomic E-state index is -0.429. The van der Waals surface area contributed by atoms with Crippen molar-refractivity contribution in [1.82, 2.24) is 19.6 Å². The lowest BCUT2D eigenvalue weighted by atomic mass is 10.3. The van der Waals surface area contributed by atoms with E-state index in [1.54, 1.807) is 17.1 Å². The van der Waals surface area contributed by atoms with Crippen LogP contribution >= 0.6 is 0 Å². The molecule has 0 aliphatic rings. The van der Waals surface area contributed by atoms with Crippen molar-refractivity contribution in [2.45, 2.75) is 12.6 Å². The van der Waals surface area contributed by atoms with Gasteiger partial charge in [-0.3, -0.25) is 4.68 Å². The maximum atomic E-state index is 9.89. The van der Waals surface area contributed by atoms with Crippen LogP contribution in [0.4, 0.5) is 5.69 Å². The van der Waals surface area contributed by atoms with Crippen LogP contribution in [-0.4, -0.2) is 71.6 Å². The first kappa shape index (κ1) is 14.0. The summed E-state index contributed by atoms with van der Waals surface area (Å²) in [6.07, 6.45) is 2.88. The third-order valence-corrected chi connectivity index (χ3v) is 2.50. The van der Waals surface area contributed by atoms with Crippen LogP contribution in [-0.2, 0) is 6.54 Å². The maximum absolute atomic E-state index is 9.89. The van der Waals surface area contributed by atoms with Crippen LogP contribution < -0.4 is 5.73 Å². The Balaban J connectivity index is 2.26. The highest BCUT2D eigenvalue weighted by atomic mass is 16.3. The van der Waals surface area contributed by atoms with Gasteiger partial charge in [0.2, 0.25) is 0 Å². The number of nitrogens with zero attached hydrogens (tertiary/aromatic N) is 4. The number of aromatic nitrogens is 2. The first-order chi connectivity index (χ1) is 7.97. The Bertz CT molecular complexity index is 325. The molecular weight excluding hydrogens is 218 g/mol. The molecule has 0 aromatic carbocycles. The number of hydrogen-bond donors (Lipinski definition) is 2. The molecule has 98 valence electrons. The molecule has 1 unspecified atom stereocenters. The van der Waals surface area contributed by atoms with Crippen LogP contribution in [0, 0.1) is 0 Å². The van der Waals surface area contributed by atoms with E-state index in [0.717, 1.165) is 13.1 Å². The van der Waals surface area contributed by atoms with E-state index in [1.807, 2.05) is 21.1 Å². The van der Waals surface area contributed by atoms with Gasteiger partial charge >= 0.3 is 0 Å². The molecule has 0 saturated heterocycles. The summed E-state index contributed by atoms with van der Waals surface area (Å²) in [4.78, 5) is 4.23. The van der Waals surface area contributed by atoms with E-state index in [1.165, 1.54) is 0 Å². The van der Waals surface area contributed by atoms with Gasteiger partial charge in [0.05, 0.1) is 24.5 Å². The molecule has 0 aliphatic heterocycles. The van der Waals surface area contributed by atoms with Crippen molar-refractivity contribution in [3.8, 4) is 0 Å². The number of nitrogens with two attached hydrogens (primary N) is 1. The lowest BCUT2D eigenvalue weighted by molar-refractivity contribution is 0.103. The van der Waals surface area contributed by atoms with Gasteiger partial charge in [-0.1, -0.05) is 0 Å². The molecule has 6 heteroatoms. The van der Waals surface area contributed by atoms with Crippen molar-refractivity contribution in [2.75, 3.05) is 46.5 Å². The van der Waals surface area contributed by atoms with Crippen LogP contribution in [0.3, 0.4) is 0 Å². The Morgan fingerprint density at radius 3 is 2.65 bits per heavy atom. The van der Waals surface area contributed by atoms with Crippen molar-refractivity contribution in [2.24, 2.45) is 0 Å². The summed E-state index contributed by atoms with van der Waals surface area (Å²) >= 11 is 0. The summed E-state index contributed by atoms with van der Waals surface area (Å²) in [6.45, 7) is 3.03. The zero-order valence-electron chi connectivity index (χ0n) is 10.9. The molecule has 0 aliphatic carbocycles. The van der Waals surface area contributed by atoms with Gasteiger partial charge in [0, 0.05) is 25.8 Å². The summed E-state index contributed by atoms with van der Waals surface area (Å²) in [5.41, 5.74) is 6.18. The van der Waals surface area contributed by atoms with Gasteiger partial charge in [-0.2, -0.15) is 5.10 Å². The van der Waals surface area contributed by atoms with Crippen molar-refractivity contribution in [3.63, 3.8) is 0 Å². The van der Waals surface area contributed by atoms with Gasteiger partial charge in [0.25, 0.3) is 0 Å². The number of hydrogen-bond acceptors (Lipinski definition) is 5. The lowest BCUT2D eigenvalue weighted by Gasteiger charge is -2.22. The van der Waals surface area contributed by atoms with Gasteiger partial charge < -0.3 is 20.6 Å². The second-order valence-corrected chi connectivity index (χ2v) is 4.72. The van der Waals surface area contributed by atoms with Crippen molar-refractivity contribution < 1.29 is 5.11 Å². The largest absolute Gasteiger partial charge is 0.396 e. The molecule has 0 fully saturated rings. The van der Waals surface area contributed by atoms with E-state index in [2.05, 4.69) is 14.9 Å². The van der Waals surface area contributed by atoms with Crippen LogP contribution in [0.15, 0.2) is 12.4 Å². The van der Waals surface area contributed by atoms with Gasteiger partial charge in [0.15, 0.2) is 0 Å². The summed E-state index contributed by atoms with van der Waals surface area (Å²) in [6, 6.07) is 0. The topological polar surface area (TPSA) is 70.5 Å². The Morgan fingerprint density at radius 2 is 2.12 bits per heavy atom. The Hall–Kier alpha value is -1.11. The minimum absolute atomic E-state index is 0.429. The lowest BCUT2D eigenvalue weighted by Crippen LogP contribution is -2.36. The Morgan fingerprint density at radius 1 is 1.41 bits per heavy atom. The molecule has 1 heterocycles. The highest BCUT2D eigenvalue weighted by molar-refractivity contribution is 5.30. The van der Waals surface area contributed by atoms with Gasteiger partial charge in [0.1, 0.15) is 0 Å². The molecule has 0 amide bonds. The number of likely N-dealkylation sites (N-methyl/N-ethyl adjacent to an activating group) is 2. The normalized spacial score (nSPS) is 13.5. The second-order valence-electron chi connectivity index (χ2n) is 4.72. The standard InChI is InChI=1S/C11H23N5O/c1-14(2)4-5-15(3)8-11(17)9-16-7-10(12)6-13-16/h6-7,11,17H,4-5,8-9,12H2,1-3H3. The average molecular weight is 241 g/mol. The highest BCUT2D eigenvalue weighted by Gasteiger charge is 2.09. The first-order valence-corrected chi connectivity index (χ1v) is 5.76. The fourth-order valence-electron chi connectivity index (χ4n) is 1.57. The zero-order valence-corrected chi connectivity index (χ0v) is 10.9. The molecule has 1 aromatic rings. The van der Waals surface area contributed by atoms with E-state index in [-0.39, 0.29) is 0 Å². The summed E-state index contributed by atoms with van der Waals surface area (Å²) in [5, 5.41) is 13.9. The van der Waals surface area contributed by atoms with Gasteiger partial charge in [-0.15, -0.1) is 0 Å². The monoisotopic (exact) mass is 241 g/mol. The molecular formula is C11H23N5O. The van der Waals surface area contributed by atoms with Crippen molar-refractivity contribution >= 4 is 5.69 Å². The fraction of sp³-hybridized carbons (Fsp3) is 0.727. The van der Waals surface area contributed by atoms with E-state index >= 15 is 0 Å². The highest BCUT2D eigenvalue weighted by Crippen LogP contribution is 2.00. The first-order valence-electron chi connectivity index (χ1n) is 5.76. The van der Waals surface area contributed by atoms with Crippen LogP contribution in [0.2, 0.25) is 0 Å². The molecule has 0 spiro atoms. The number of aliphatic hydroxyl groups is 1. The van der Waals surface area contributed by atoms with Crippen LogP contribution in [0.25, 0.3) is 0 Å². The molecule has 6 nitrogen and oxygen atoms in total. The quantitative estimate of drug-likeness (QED) is 0.662. The van der Waals surface area contributed by atoms with E-state index in [0.29, 0.717) is 18.8 Å². The summed E-state index contributed by atoms with van der Waals surface area (Å²) in [5.74, 6) is 0. The second kappa shape index (κ2) is 6.58. The molecule has 3 N–H and O–H groups in total. The molecule has 1 atom stereocenters. The Kier molecular flexibility index (Phi) is 5.40. The smallest absolute Gasteiger partial charge is 0.0862 e. The van der Waals surface area contributed by atoms with Gasteiger partial charge in [-0.25, -0.2) is 0 Å². The molecule has 1 rings (SSSR count). The van der Waals surface area contributed by atoms with Crippen molar-refractivity contribution in [3.05, 3.63) is 12.4 Å². The van der Waals surface area contributed by atoms with Crippen LogP contribution in [0.5, 0.6) is 0 Å². The molecule has 0 radical (unpaired) electrons. The molecule has 0 bridgehead atoms. The van der Waals surface area contributed by atoms with E-state index in [4.69, 9.17) is 5.73 Å².